The van der Waals surface area contributed by atoms with Crippen molar-refractivity contribution in [1.29, 1.82) is 0 Å². The Bertz CT molecular complexity index is 67.7. The van der Waals surface area contributed by atoms with Crippen LogP contribution in [0.15, 0.2) is 0 Å². The van der Waals surface area contributed by atoms with Crippen LogP contribution in [0.4, 0.5) is 0 Å². The molecule has 0 atom stereocenters. The number of hydrogen-bond acceptors (Lipinski definition) is 0. The van der Waals surface area contributed by atoms with Crippen LogP contribution in [0.5, 0.6) is 0 Å². The zero-order valence-electron chi connectivity index (χ0n) is 7.64. The van der Waals surface area contributed by atoms with E-state index in [2.05, 4.69) is 13.8 Å². The van der Waals surface area contributed by atoms with Gasteiger partial charge in [-0.25, -0.2) is 0 Å². The maximum absolute atomic E-state index is 2.31. The van der Waals surface area contributed by atoms with Crippen molar-refractivity contribution in [3.63, 3.8) is 0 Å². The predicted octanol–water partition coefficient (Wildman–Crippen LogP) is 2.78. The van der Waals surface area contributed by atoms with E-state index >= 15 is 0 Å². The minimum atomic E-state index is 0. The average Bonchev–Trinajstić information content (AvgIpc) is 2.12. The molecule has 0 aromatic heterocycles. The number of rotatable bonds is 1. The molecule has 0 aliphatic heterocycles. The Morgan fingerprint density at radius 3 is 1.45 bits per heavy atom. The molecule has 0 nitrogen and oxygen atoms in total. The van der Waals surface area contributed by atoms with Gasteiger partial charge in [-0.05, 0) is 0 Å². The fourth-order valence-electron chi connectivity index (χ4n) is 1.41. The first kappa shape index (κ1) is 19.8. The predicted molar refractivity (Wildman–Crippen MR) is 36.5 cm³/mol. The quantitative estimate of drug-likeness (QED) is 0.616. The fraction of sp³-hybridized carbons (Fsp3) is 0.875. The first-order valence-corrected chi connectivity index (χ1v) is 3.65. The second kappa shape index (κ2) is 11.4. The maximum Gasteiger partial charge on any atom is 0 e. The van der Waals surface area contributed by atoms with E-state index in [4.69, 9.17) is 0 Å². The largest absolute Gasteiger partial charge is 0.311 e. The van der Waals surface area contributed by atoms with Gasteiger partial charge in [-0.3, -0.25) is 0 Å². The van der Waals surface area contributed by atoms with Crippen LogP contribution < -0.4 is 0 Å². The zero-order valence-corrected chi connectivity index (χ0v) is 16.2. The molecule has 0 N–H and O–H groups in total. The smallest absolute Gasteiger partial charge is 0 e. The Balaban J connectivity index is -0.000000213. The van der Waals surface area contributed by atoms with Gasteiger partial charge in [-0.15, -0.1) is 0 Å². The van der Waals surface area contributed by atoms with Crippen LogP contribution in [0.1, 0.15) is 39.5 Å². The fourth-order valence-corrected chi connectivity index (χ4v) is 1.41. The van der Waals surface area contributed by atoms with Gasteiger partial charge in [0.25, 0.3) is 0 Å². The van der Waals surface area contributed by atoms with Gasteiger partial charge in [0.2, 0.25) is 0 Å². The summed E-state index contributed by atoms with van der Waals surface area (Å²) < 4.78 is 0. The van der Waals surface area contributed by atoms with Crippen molar-refractivity contribution in [2.24, 2.45) is 5.92 Å². The average molecular weight is 378 g/mol. The molecular weight excluding hydrogens is 363 g/mol. The van der Waals surface area contributed by atoms with Crippen molar-refractivity contribution in [2.45, 2.75) is 39.5 Å². The van der Waals surface area contributed by atoms with E-state index in [9.17, 15) is 0 Å². The molecule has 11 heavy (non-hydrogen) atoms. The van der Waals surface area contributed by atoms with Crippen molar-refractivity contribution in [1.82, 2.24) is 0 Å². The van der Waals surface area contributed by atoms with E-state index in [0.29, 0.717) is 0 Å². The van der Waals surface area contributed by atoms with Crippen LogP contribution in [-0.4, -0.2) is 0 Å². The first-order valence-electron chi connectivity index (χ1n) is 3.65. The molecular formula is C8H15Y3-. The van der Waals surface area contributed by atoms with Gasteiger partial charge >= 0.3 is 0 Å². The monoisotopic (exact) mass is 378 g/mol. The molecule has 0 aromatic rings. The summed E-state index contributed by atoms with van der Waals surface area (Å²) >= 11 is 0. The summed E-state index contributed by atoms with van der Waals surface area (Å²) in [4.78, 5) is 0. The normalized spacial score (nSPS) is 16.6. The third kappa shape index (κ3) is 8.32. The van der Waals surface area contributed by atoms with Gasteiger partial charge in [0.1, 0.15) is 0 Å². The van der Waals surface area contributed by atoms with Gasteiger partial charge in [-0.1, -0.05) is 26.7 Å². The van der Waals surface area contributed by atoms with Crippen LogP contribution >= 0.6 is 0 Å². The van der Waals surface area contributed by atoms with Gasteiger partial charge in [0.05, 0.1) is 0 Å². The van der Waals surface area contributed by atoms with Crippen molar-refractivity contribution in [2.75, 3.05) is 0 Å². The van der Waals surface area contributed by atoms with Crippen molar-refractivity contribution in [3.05, 3.63) is 5.92 Å². The Labute approximate surface area is 146 Å². The third-order valence-electron chi connectivity index (χ3n) is 2.06. The van der Waals surface area contributed by atoms with E-state index < -0.39 is 0 Å². The van der Waals surface area contributed by atoms with E-state index in [1.165, 1.54) is 25.7 Å². The molecule has 1 aliphatic rings. The van der Waals surface area contributed by atoms with Crippen molar-refractivity contribution in [3.8, 4) is 0 Å². The van der Waals surface area contributed by atoms with Crippen LogP contribution in [-0.2, 0) is 98.1 Å². The SMILES string of the molecule is CC(C)[C-]1CCCC1.[Y].[Y].[Y]. The summed E-state index contributed by atoms with van der Waals surface area (Å²) in [5.41, 5.74) is 0. The standard InChI is InChI=1S/C8H15.3Y/c1-7(2)8-5-3-4-6-8;;;/h7H,3-6H2,1-2H3;;;/q-1;;;. The van der Waals surface area contributed by atoms with Crippen LogP contribution in [0.2, 0.25) is 0 Å². The molecule has 1 saturated carbocycles. The molecule has 3 heteroatoms. The Morgan fingerprint density at radius 1 is 0.909 bits per heavy atom. The van der Waals surface area contributed by atoms with E-state index in [1.807, 2.05) is 0 Å². The molecule has 3 radical (unpaired) electrons. The summed E-state index contributed by atoms with van der Waals surface area (Å²) in [6, 6.07) is 0. The summed E-state index contributed by atoms with van der Waals surface area (Å²) in [7, 11) is 0. The summed E-state index contributed by atoms with van der Waals surface area (Å²) in [5.74, 6) is 2.66. The molecule has 1 aliphatic carbocycles. The van der Waals surface area contributed by atoms with Gasteiger partial charge in [-0.2, -0.15) is 18.8 Å². The first-order chi connectivity index (χ1) is 3.80. The van der Waals surface area contributed by atoms with Crippen LogP contribution in [0.3, 0.4) is 0 Å². The Kier molecular flexibility index (Phi) is 20.5. The van der Waals surface area contributed by atoms with Crippen molar-refractivity contribution < 1.29 is 98.1 Å². The zero-order chi connectivity index (χ0) is 5.98. The summed E-state index contributed by atoms with van der Waals surface area (Å²) in [5, 5.41) is 0. The second-order valence-corrected chi connectivity index (χ2v) is 3.02. The van der Waals surface area contributed by atoms with Crippen molar-refractivity contribution >= 4 is 0 Å². The van der Waals surface area contributed by atoms with E-state index in [-0.39, 0.29) is 98.1 Å². The Morgan fingerprint density at radius 2 is 1.27 bits per heavy atom. The van der Waals surface area contributed by atoms with Gasteiger partial charge < -0.3 is 5.92 Å². The van der Waals surface area contributed by atoms with Crippen LogP contribution in [0, 0.1) is 11.8 Å². The summed E-state index contributed by atoms with van der Waals surface area (Å²) in [6.07, 6.45) is 5.73. The van der Waals surface area contributed by atoms with Crippen LogP contribution in [0.25, 0.3) is 0 Å². The maximum atomic E-state index is 2.31. The molecule has 1 rings (SSSR count). The van der Waals surface area contributed by atoms with Gasteiger partial charge in [0.15, 0.2) is 0 Å². The molecule has 0 amide bonds. The number of hydrogen-bond donors (Lipinski definition) is 0. The topological polar surface area (TPSA) is 0 Å². The Hall–Kier alpha value is 3.31. The molecule has 1 fully saturated rings. The minimum Gasteiger partial charge on any atom is -0.311 e. The molecule has 0 heterocycles. The molecule has 0 saturated heterocycles. The molecule has 0 unspecified atom stereocenters. The van der Waals surface area contributed by atoms with E-state index in [1.54, 1.807) is 5.92 Å². The molecule has 57 valence electrons. The van der Waals surface area contributed by atoms with E-state index in [0.717, 1.165) is 5.92 Å². The molecule has 0 spiro atoms. The van der Waals surface area contributed by atoms with Gasteiger partial charge in [0, 0.05) is 98.1 Å². The summed E-state index contributed by atoms with van der Waals surface area (Å²) in [6.45, 7) is 4.61. The second-order valence-electron chi connectivity index (χ2n) is 3.02. The molecule has 0 aromatic carbocycles. The minimum absolute atomic E-state index is 0. The molecule has 0 bridgehead atoms. The third-order valence-corrected chi connectivity index (χ3v) is 2.06.